The van der Waals surface area contributed by atoms with Gasteiger partial charge in [-0.2, -0.15) is 5.10 Å². The lowest BCUT2D eigenvalue weighted by molar-refractivity contribution is -0.123. The molecule has 0 aliphatic carbocycles. The smallest absolute Gasteiger partial charge is 0.408 e. The number of hydrogen-bond acceptors (Lipinski definition) is 5. The zero-order valence-corrected chi connectivity index (χ0v) is 14.9. The number of nitrogens with one attached hydrogen (secondary N) is 2. The van der Waals surface area contributed by atoms with Crippen molar-refractivity contribution >= 4 is 18.2 Å². The van der Waals surface area contributed by atoms with Gasteiger partial charge in [0.05, 0.1) is 11.9 Å². The van der Waals surface area contributed by atoms with Crippen molar-refractivity contribution in [3.05, 3.63) is 30.1 Å². The summed E-state index contributed by atoms with van der Waals surface area (Å²) in [6.45, 7) is 9.23. The van der Waals surface area contributed by atoms with E-state index in [4.69, 9.17) is 4.74 Å². The highest BCUT2D eigenvalue weighted by Gasteiger charge is 2.24. The Hall–Kier alpha value is -2.44. The van der Waals surface area contributed by atoms with Crippen molar-refractivity contribution in [3.8, 4) is 0 Å². The Bertz CT molecular complexity index is 565. The molecule has 0 spiro atoms. The Labute approximate surface area is 142 Å². The van der Waals surface area contributed by atoms with Gasteiger partial charge in [-0.25, -0.2) is 10.2 Å². The molecule has 0 aliphatic heterocycles. The van der Waals surface area contributed by atoms with E-state index in [1.54, 1.807) is 39.1 Å². The summed E-state index contributed by atoms with van der Waals surface area (Å²) in [6, 6.07) is 4.65. The number of carbonyl (C=O) groups is 2. The van der Waals surface area contributed by atoms with Gasteiger partial charge in [0.1, 0.15) is 11.6 Å². The molecule has 2 amide bonds. The van der Waals surface area contributed by atoms with E-state index in [2.05, 4.69) is 20.8 Å². The van der Waals surface area contributed by atoms with E-state index in [1.807, 2.05) is 19.9 Å². The number of nitrogens with zero attached hydrogens (tertiary/aromatic N) is 2. The van der Waals surface area contributed by atoms with E-state index in [0.29, 0.717) is 12.1 Å². The highest BCUT2D eigenvalue weighted by Crippen LogP contribution is 2.09. The molecule has 0 fully saturated rings. The zero-order chi connectivity index (χ0) is 18.2. The summed E-state index contributed by atoms with van der Waals surface area (Å²) in [5.41, 5.74) is 2.42. The quantitative estimate of drug-likeness (QED) is 0.617. The predicted molar refractivity (Wildman–Crippen MR) is 92.6 cm³/mol. The fourth-order valence-electron chi connectivity index (χ4n) is 1.85. The summed E-state index contributed by atoms with van der Waals surface area (Å²) >= 11 is 0. The molecule has 0 bridgehead atoms. The first-order valence-electron chi connectivity index (χ1n) is 7.91. The molecule has 2 N–H and O–H groups in total. The molecule has 0 radical (unpaired) electrons. The summed E-state index contributed by atoms with van der Waals surface area (Å²) in [5, 5.41) is 6.46. The Morgan fingerprint density at radius 1 is 1.33 bits per heavy atom. The van der Waals surface area contributed by atoms with Crippen LogP contribution in [0.2, 0.25) is 0 Å². The predicted octanol–water partition coefficient (Wildman–Crippen LogP) is 2.47. The standard InChI is InChI=1S/C17H26N4O3/c1-12(2)10-14(20-16(23)24-17(3,4)5)15(22)21-19-11-13-8-6-7-9-18-13/h6-9,11-12,14H,10H2,1-5H3,(H,20,23)(H,21,22)/b19-11+/t14-/m0/s1. The van der Waals surface area contributed by atoms with Gasteiger partial charge >= 0.3 is 6.09 Å². The second-order valence-corrected chi connectivity index (χ2v) is 6.82. The van der Waals surface area contributed by atoms with E-state index >= 15 is 0 Å². The van der Waals surface area contributed by atoms with Gasteiger partial charge in [0.2, 0.25) is 0 Å². The molecular formula is C17H26N4O3. The van der Waals surface area contributed by atoms with E-state index in [9.17, 15) is 9.59 Å². The van der Waals surface area contributed by atoms with E-state index in [0.717, 1.165) is 0 Å². The van der Waals surface area contributed by atoms with Gasteiger partial charge in [0.15, 0.2) is 0 Å². The minimum Gasteiger partial charge on any atom is -0.444 e. The van der Waals surface area contributed by atoms with E-state index in [1.165, 1.54) is 6.21 Å². The summed E-state index contributed by atoms with van der Waals surface area (Å²) in [7, 11) is 0. The molecule has 1 rings (SSSR count). The highest BCUT2D eigenvalue weighted by molar-refractivity contribution is 5.86. The number of aromatic nitrogens is 1. The molecule has 0 saturated carbocycles. The third-order valence-electron chi connectivity index (χ3n) is 2.77. The molecule has 0 unspecified atom stereocenters. The zero-order valence-electron chi connectivity index (χ0n) is 14.9. The van der Waals surface area contributed by atoms with Crippen molar-refractivity contribution in [2.75, 3.05) is 0 Å². The summed E-state index contributed by atoms with van der Waals surface area (Å²) < 4.78 is 5.20. The Morgan fingerprint density at radius 2 is 2.04 bits per heavy atom. The van der Waals surface area contributed by atoms with Crippen LogP contribution in [0.25, 0.3) is 0 Å². The molecule has 132 valence electrons. The lowest BCUT2D eigenvalue weighted by Gasteiger charge is -2.23. The van der Waals surface area contributed by atoms with Gasteiger partial charge in [-0.05, 0) is 45.2 Å². The van der Waals surface area contributed by atoms with Crippen molar-refractivity contribution in [2.24, 2.45) is 11.0 Å². The van der Waals surface area contributed by atoms with Crippen LogP contribution in [-0.2, 0) is 9.53 Å². The molecule has 0 aliphatic rings. The lowest BCUT2D eigenvalue weighted by atomic mass is 10.0. The third-order valence-corrected chi connectivity index (χ3v) is 2.77. The van der Waals surface area contributed by atoms with Gasteiger partial charge in [-0.3, -0.25) is 9.78 Å². The van der Waals surface area contributed by atoms with Gasteiger partial charge < -0.3 is 10.1 Å². The minimum absolute atomic E-state index is 0.218. The van der Waals surface area contributed by atoms with Crippen molar-refractivity contribution in [1.82, 2.24) is 15.7 Å². The average molecular weight is 334 g/mol. The molecule has 1 atom stereocenters. The van der Waals surface area contributed by atoms with Crippen LogP contribution in [0.5, 0.6) is 0 Å². The van der Waals surface area contributed by atoms with Gasteiger partial charge in [-0.15, -0.1) is 0 Å². The highest BCUT2D eigenvalue weighted by atomic mass is 16.6. The molecule has 7 nitrogen and oxygen atoms in total. The largest absolute Gasteiger partial charge is 0.444 e. The monoisotopic (exact) mass is 334 g/mol. The first-order valence-corrected chi connectivity index (χ1v) is 7.91. The molecule has 7 heteroatoms. The van der Waals surface area contributed by atoms with Crippen LogP contribution in [0.1, 0.15) is 46.7 Å². The maximum absolute atomic E-state index is 12.3. The topological polar surface area (TPSA) is 92.7 Å². The average Bonchev–Trinajstić information content (AvgIpc) is 2.45. The second-order valence-electron chi connectivity index (χ2n) is 6.82. The molecule has 1 aromatic rings. The van der Waals surface area contributed by atoms with Crippen LogP contribution in [0.4, 0.5) is 4.79 Å². The van der Waals surface area contributed by atoms with Crippen LogP contribution in [0.15, 0.2) is 29.5 Å². The van der Waals surface area contributed by atoms with Gasteiger partial charge in [-0.1, -0.05) is 19.9 Å². The Balaban J connectivity index is 2.64. The number of hydrogen-bond donors (Lipinski definition) is 2. The number of ether oxygens (including phenoxy) is 1. The maximum Gasteiger partial charge on any atom is 0.408 e. The lowest BCUT2D eigenvalue weighted by Crippen LogP contribution is -2.47. The molecule has 1 aromatic heterocycles. The Morgan fingerprint density at radius 3 is 2.58 bits per heavy atom. The van der Waals surface area contributed by atoms with Crippen LogP contribution in [0.3, 0.4) is 0 Å². The first-order chi connectivity index (χ1) is 11.2. The third kappa shape index (κ3) is 8.26. The van der Waals surface area contributed by atoms with E-state index in [-0.39, 0.29) is 5.92 Å². The van der Waals surface area contributed by atoms with E-state index < -0.39 is 23.6 Å². The molecular weight excluding hydrogens is 308 g/mol. The number of rotatable bonds is 6. The van der Waals surface area contributed by atoms with Crippen LogP contribution in [0, 0.1) is 5.92 Å². The minimum atomic E-state index is -0.722. The van der Waals surface area contributed by atoms with Gasteiger partial charge in [0.25, 0.3) is 5.91 Å². The second kappa shape index (κ2) is 9.00. The number of carbonyl (C=O) groups excluding carboxylic acids is 2. The first kappa shape index (κ1) is 19.6. The number of pyridine rings is 1. The van der Waals surface area contributed by atoms with Crippen LogP contribution >= 0.6 is 0 Å². The fourth-order valence-corrected chi connectivity index (χ4v) is 1.85. The van der Waals surface area contributed by atoms with Crippen LogP contribution in [-0.4, -0.2) is 34.8 Å². The summed E-state index contributed by atoms with van der Waals surface area (Å²) in [5.74, 6) is -0.183. The van der Waals surface area contributed by atoms with Gasteiger partial charge in [0, 0.05) is 6.20 Å². The fraction of sp³-hybridized carbons (Fsp3) is 0.529. The number of hydrazone groups is 1. The molecule has 1 heterocycles. The number of amides is 2. The van der Waals surface area contributed by atoms with Crippen molar-refractivity contribution in [3.63, 3.8) is 0 Å². The SMILES string of the molecule is CC(C)C[C@H](NC(=O)OC(C)(C)C)C(=O)N/N=C/c1ccccn1. The molecule has 0 aromatic carbocycles. The molecule has 0 saturated heterocycles. The van der Waals surface area contributed by atoms with Crippen molar-refractivity contribution < 1.29 is 14.3 Å². The summed E-state index contributed by atoms with van der Waals surface area (Å²) in [4.78, 5) is 28.2. The normalized spacial score (nSPS) is 12.9. The maximum atomic E-state index is 12.3. The Kier molecular flexibility index (Phi) is 7.35. The summed E-state index contributed by atoms with van der Waals surface area (Å²) in [6.07, 6.45) is 2.92. The molecule has 24 heavy (non-hydrogen) atoms. The number of alkyl carbamates (subject to hydrolysis) is 1. The van der Waals surface area contributed by atoms with Crippen molar-refractivity contribution in [2.45, 2.75) is 52.7 Å². The van der Waals surface area contributed by atoms with Crippen molar-refractivity contribution in [1.29, 1.82) is 0 Å². The van der Waals surface area contributed by atoms with Crippen LogP contribution < -0.4 is 10.7 Å².